The van der Waals surface area contributed by atoms with Gasteiger partial charge in [0.15, 0.2) is 0 Å². The maximum Gasteiger partial charge on any atom is 0.246 e. The van der Waals surface area contributed by atoms with Gasteiger partial charge in [-0.2, -0.15) is 0 Å². The van der Waals surface area contributed by atoms with Crippen LogP contribution in [-0.4, -0.2) is 19.6 Å². The first-order chi connectivity index (χ1) is 9.72. The van der Waals surface area contributed by atoms with E-state index in [0.29, 0.717) is 0 Å². The summed E-state index contributed by atoms with van der Waals surface area (Å²) >= 11 is 0. The number of amides is 1. The summed E-state index contributed by atoms with van der Waals surface area (Å²) in [7, 11) is 1.52. The van der Waals surface area contributed by atoms with Gasteiger partial charge >= 0.3 is 0 Å². The minimum Gasteiger partial charge on any atom is -0.375 e. The first-order valence-corrected chi connectivity index (χ1v) is 6.61. The summed E-state index contributed by atoms with van der Waals surface area (Å²) in [4.78, 5) is 11.9. The highest BCUT2D eigenvalue weighted by atomic mass is 16.5. The molecule has 0 bridgehead atoms. The molecule has 2 aromatic rings. The standard InChI is InChI=1S/C17H19NO2/c1-13-8-6-7-11-15(13)17(18-16(19)12-20-2)14-9-4-3-5-10-14/h3-11,17H,12H2,1-2H3,(H,18,19). The maximum absolute atomic E-state index is 11.9. The monoisotopic (exact) mass is 269 g/mol. The lowest BCUT2D eigenvalue weighted by Crippen LogP contribution is -2.32. The predicted molar refractivity (Wildman–Crippen MR) is 79.5 cm³/mol. The van der Waals surface area contributed by atoms with Gasteiger partial charge in [0.25, 0.3) is 0 Å². The van der Waals surface area contributed by atoms with Gasteiger partial charge in [-0.05, 0) is 23.6 Å². The van der Waals surface area contributed by atoms with E-state index in [4.69, 9.17) is 4.74 Å². The smallest absolute Gasteiger partial charge is 0.246 e. The number of carbonyl (C=O) groups is 1. The Labute approximate surface area is 119 Å². The van der Waals surface area contributed by atoms with Crippen LogP contribution >= 0.6 is 0 Å². The molecule has 0 aromatic heterocycles. The van der Waals surface area contributed by atoms with Gasteiger partial charge in [-0.25, -0.2) is 0 Å². The quantitative estimate of drug-likeness (QED) is 0.906. The lowest BCUT2D eigenvalue weighted by Gasteiger charge is -2.21. The van der Waals surface area contributed by atoms with Crippen molar-refractivity contribution < 1.29 is 9.53 Å². The molecule has 2 rings (SSSR count). The number of carbonyl (C=O) groups excluding carboxylic acids is 1. The van der Waals surface area contributed by atoms with Crippen LogP contribution < -0.4 is 5.32 Å². The number of nitrogens with one attached hydrogen (secondary N) is 1. The second kappa shape index (κ2) is 6.87. The summed E-state index contributed by atoms with van der Waals surface area (Å²) in [5, 5.41) is 3.03. The second-order valence-corrected chi connectivity index (χ2v) is 4.70. The molecule has 0 heterocycles. The Kier molecular flexibility index (Phi) is 4.91. The van der Waals surface area contributed by atoms with Gasteiger partial charge in [-0.15, -0.1) is 0 Å². The normalized spacial score (nSPS) is 11.9. The average Bonchev–Trinajstić information content (AvgIpc) is 2.47. The van der Waals surface area contributed by atoms with Crippen LogP contribution in [0.15, 0.2) is 54.6 Å². The van der Waals surface area contributed by atoms with Crippen LogP contribution in [0.5, 0.6) is 0 Å². The number of hydrogen-bond acceptors (Lipinski definition) is 2. The van der Waals surface area contributed by atoms with E-state index in [-0.39, 0.29) is 18.6 Å². The van der Waals surface area contributed by atoms with Crippen molar-refractivity contribution >= 4 is 5.91 Å². The minimum atomic E-state index is -0.153. The van der Waals surface area contributed by atoms with Crippen LogP contribution in [0.4, 0.5) is 0 Å². The van der Waals surface area contributed by atoms with Crippen molar-refractivity contribution in [2.45, 2.75) is 13.0 Å². The molecule has 2 aromatic carbocycles. The van der Waals surface area contributed by atoms with Crippen molar-refractivity contribution in [1.29, 1.82) is 0 Å². The Morgan fingerprint density at radius 2 is 1.75 bits per heavy atom. The van der Waals surface area contributed by atoms with E-state index in [9.17, 15) is 4.79 Å². The molecule has 0 aliphatic carbocycles. The number of ether oxygens (including phenoxy) is 1. The summed E-state index contributed by atoms with van der Waals surface area (Å²) in [6.07, 6.45) is 0. The highest BCUT2D eigenvalue weighted by molar-refractivity contribution is 5.78. The fourth-order valence-corrected chi connectivity index (χ4v) is 2.23. The van der Waals surface area contributed by atoms with Gasteiger partial charge in [0, 0.05) is 7.11 Å². The Morgan fingerprint density at radius 3 is 2.40 bits per heavy atom. The largest absolute Gasteiger partial charge is 0.375 e. The molecular formula is C17H19NO2. The third-order valence-electron chi connectivity index (χ3n) is 3.21. The fourth-order valence-electron chi connectivity index (χ4n) is 2.23. The molecule has 0 saturated carbocycles. The summed E-state index contributed by atoms with van der Waals surface area (Å²) < 4.78 is 4.89. The molecule has 0 spiro atoms. The number of hydrogen-bond donors (Lipinski definition) is 1. The third kappa shape index (κ3) is 3.45. The SMILES string of the molecule is COCC(=O)NC(c1ccccc1)c1ccccc1C. The van der Waals surface area contributed by atoms with Crippen LogP contribution in [0, 0.1) is 6.92 Å². The van der Waals surface area contributed by atoms with E-state index in [0.717, 1.165) is 16.7 Å². The average molecular weight is 269 g/mol. The lowest BCUT2D eigenvalue weighted by molar-refractivity contribution is -0.125. The van der Waals surface area contributed by atoms with Crippen molar-refractivity contribution in [3.05, 3.63) is 71.3 Å². The molecule has 1 atom stereocenters. The van der Waals surface area contributed by atoms with Crippen LogP contribution in [0.25, 0.3) is 0 Å². The number of aryl methyl sites for hydroxylation is 1. The topological polar surface area (TPSA) is 38.3 Å². The van der Waals surface area contributed by atoms with E-state index >= 15 is 0 Å². The Morgan fingerprint density at radius 1 is 1.10 bits per heavy atom. The van der Waals surface area contributed by atoms with Crippen molar-refractivity contribution in [3.8, 4) is 0 Å². The van der Waals surface area contributed by atoms with Crippen molar-refractivity contribution in [3.63, 3.8) is 0 Å². The lowest BCUT2D eigenvalue weighted by atomic mass is 9.95. The van der Waals surface area contributed by atoms with Gasteiger partial charge < -0.3 is 10.1 Å². The fraction of sp³-hybridized carbons (Fsp3) is 0.235. The van der Waals surface area contributed by atoms with Crippen LogP contribution in [0.1, 0.15) is 22.7 Å². The number of methoxy groups -OCH3 is 1. The summed E-state index contributed by atoms with van der Waals surface area (Å²) in [6, 6.07) is 17.9. The van der Waals surface area contributed by atoms with E-state index in [1.807, 2.05) is 61.5 Å². The van der Waals surface area contributed by atoms with Crippen LogP contribution in [-0.2, 0) is 9.53 Å². The minimum absolute atomic E-state index is 0.0647. The van der Waals surface area contributed by atoms with E-state index in [1.54, 1.807) is 0 Å². The maximum atomic E-state index is 11.9. The molecule has 1 N–H and O–H groups in total. The first kappa shape index (κ1) is 14.3. The van der Waals surface area contributed by atoms with E-state index in [2.05, 4.69) is 5.32 Å². The molecule has 1 amide bonds. The molecule has 20 heavy (non-hydrogen) atoms. The molecule has 3 heteroatoms. The van der Waals surface area contributed by atoms with Crippen LogP contribution in [0.2, 0.25) is 0 Å². The summed E-state index contributed by atoms with van der Waals surface area (Å²) in [5.41, 5.74) is 3.31. The second-order valence-electron chi connectivity index (χ2n) is 4.70. The molecule has 1 unspecified atom stereocenters. The van der Waals surface area contributed by atoms with Gasteiger partial charge in [0.1, 0.15) is 6.61 Å². The van der Waals surface area contributed by atoms with Crippen molar-refractivity contribution in [1.82, 2.24) is 5.32 Å². The Hall–Kier alpha value is -2.13. The predicted octanol–water partition coefficient (Wildman–Crippen LogP) is 2.85. The van der Waals surface area contributed by atoms with Gasteiger partial charge in [0.2, 0.25) is 5.91 Å². The summed E-state index contributed by atoms with van der Waals surface area (Å²) in [5.74, 6) is -0.121. The highest BCUT2D eigenvalue weighted by Gasteiger charge is 2.17. The molecule has 0 saturated heterocycles. The molecule has 3 nitrogen and oxygen atoms in total. The molecule has 0 aliphatic heterocycles. The Balaban J connectivity index is 2.35. The van der Waals surface area contributed by atoms with Crippen LogP contribution in [0.3, 0.4) is 0 Å². The van der Waals surface area contributed by atoms with Crippen molar-refractivity contribution in [2.75, 3.05) is 13.7 Å². The first-order valence-electron chi connectivity index (χ1n) is 6.61. The van der Waals surface area contributed by atoms with E-state index < -0.39 is 0 Å². The van der Waals surface area contributed by atoms with E-state index in [1.165, 1.54) is 7.11 Å². The molecule has 104 valence electrons. The zero-order valence-electron chi connectivity index (χ0n) is 11.8. The van der Waals surface area contributed by atoms with Gasteiger partial charge in [-0.1, -0.05) is 54.6 Å². The zero-order chi connectivity index (χ0) is 14.4. The van der Waals surface area contributed by atoms with Gasteiger partial charge in [0.05, 0.1) is 6.04 Å². The molecule has 0 aliphatic rings. The molecular weight excluding hydrogens is 250 g/mol. The summed E-state index contributed by atoms with van der Waals surface area (Å²) in [6.45, 7) is 2.11. The van der Waals surface area contributed by atoms with Crippen molar-refractivity contribution in [2.24, 2.45) is 0 Å². The number of benzene rings is 2. The third-order valence-corrected chi connectivity index (χ3v) is 3.21. The molecule has 0 fully saturated rings. The molecule has 0 radical (unpaired) electrons. The number of rotatable bonds is 5. The zero-order valence-corrected chi connectivity index (χ0v) is 11.8. The van der Waals surface area contributed by atoms with Gasteiger partial charge in [-0.3, -0.25) is 4.79 Å². The Bertz CT molecular complexity index is 566. The highest BCUT2D eigenvalue weighted by Crippen LogP contribution is 2.24.